The Kier molecular flexibility index (Phi) is 7.87. The van der Waals surface area contributed by atoms with Crippen LogP contribution in [0, 0.1) is 5.92 Å². The number of hydrogen-bond donors (Lipinski definition) is 1. The minimum absolute atomic E-state index is 0.0113. The van der Waals surface area contributed by atoms with Crippen LogP contribution in [0.5, 0.6) is 5.75 Å². The number of rotatable bonds is 9. The number of piperidine rings is 1. The van der Waals surface area contributed by atoms with Crippen LogP contribution >= 0.6 is 0 Å². The maximum atomic E-state index is 13.1. The zero-order valence-electron chi connectivity index (χ0n) is 20.4. The molecule has 0 aromatic heterocycles. The van der Waals surface area contributed by atoms with E-state index in [2.05, 4.69) is 9.62 Å². The summed E-state index contributed by atoms with van der Waals surface area (Å²) in [6, 6.07) is 22.2. The number of nitrogens with one attached hydrogen (secondary N) is 1. The van der Waals surface area contributed by atoms with Gasteiger partial charge in [-0.2, -0.15) is 0 Å². The van der Waals surface area contributed by atoms with Gasteiger partial charge in [-0.25, -0.2) is 21.1 Å². The number of hydrogen-bond acceptors (Lipinski definition) is 6. The molecule has 1 heterocycles. The van der Waals surface area contributed by atoms with E-state index in [9.17, 15) is 16.8 Å². The summed E-state index contributed by atoms with van der Waals surface area (Å²) in [6.07, 6.45) is 2.02. The summed E-state index contributed by atoms with van der Waals surface area (Å²) in [7, 11) is -4.72. The number of ether oxygens (including phenoxy) is 1. The number of benzene rings is 3. The number of nitrogens with zero attached hydrogens (tertiary/aromatic N) is 2. The van der Waals surface area contributed by atoms with Gasteiger partial charge in [0.15, 0.2) is 0 Å². The van der Waals surface area contributed by atoms with Crippen LogP contribution in [0.25, 0.3) is 0 Å². The first-order chi connectivity index (χ1) is 17.2. The monoisotopic (exact) mass is 529 g/mol. The minimum atomic E-state index is -3.93. The smallest absolute Gasteiger partial charge is 0.261 e. The minimum Gasteiger partial charge on any atom is -0.493 e. The highest BCUT2D eigenvalue weighted by molar-refractivity contribution is 7.92. The quantitative estimate of drug-likeness (QED) is 0.450. The largest absolute Gasteiger partial charge is 0.493 e. The number of sulfonamides is 2. The lowest BCUT2D eigenvalue weighted by atomic mass is 9.98. The van der Waals surface area contributed by atoms with E-state index in [0.29, 0.717) is 18.2 Å². The van der Waals surface area contributed by atoms with Crippen molar-refractivity contribution < 1.29 is 21.6 Å². The summed E-state index contributed by atoms with van der Waals surface area (Å²) in [5.41, 5.74) is 1.28. The van der Waals surface area contributed by atoms with E-state index in [-0.39, 0.29) is 9.79 Å². The van der Waals surface area contributed by atoms with Crippen molar-refractivity contribution in [3.8, 4) is 5.75 Å². The van der Waals surface area contributed by atoms with Gasteiger partial charge in [0, 0.05) is 33.1 Å². The van der Waals surface area contributed by atoms with Crippen molar-refractivity contribution in [2.24, 2.45) is 5.92 Å². The molecule has 1 saturated heterocycles. The molecule has 4 rings (SSSR count). The molecule has 3 aromatic rings. The van der Waals surface area contributed by atoms with Crippen molar-refractivity contribution in [3.63, 3.8) is 0 Å². The van der Waals surface area contributed by atoms with Gasteiger partial charge in [0.1, 0.15) is 5.75 Å². The van der Waals surface area contributed by atoms with Gasteiger partial charge in [0.05, 0.1) is 27.8 Å². The SMILES string of the molecule is CN(C)S(=O)(=O)c1ccc(S(=O)(=O)Nc2ccccc2N2CCC[C@H](COc3ccccc3)C2)cc1. The second kappa shape index (κ2) is 10.9. The third kappa shape index (κ3) is 6.00. The lowest BCUT2D eigenvalue weighted by molar-refractivity contribution is 0.229. The highest BCUT2D eigenvalue weighted by atomic mass is 32.2. The summed E-state index contributed by atoms with van der Waals surface area (Å²) < 4.78 is 60.6. The van der Waals surface area contributed by atoms with Gasteiger partial charge in [0.25, 0.3) is 10.0 Å². The van der Waals surface area contributed by atoms with Crippen molar-refractivity contribution in [1.82, 2.24) is 4.31 Å². The second-order valence-corrected chi connectivity index (χ2v) is 12.8. The van der Waals surface area contributed by atoms with Crippen LogP contribution in [0.3, 0.4) is 0 Å². The van der Waals surface area contributed by atoms with Gasteiger partial charge in [-0.1, -0.05) is 30.3 Å². The molecular formula is C26H31N3O5S2. The Morgan fingerprint density at radius 1 is 0.889 bits per heavy atom. The van der Waals surface area contributed by atoms with Gasteiger partial charge >= 0.3 is 0 Å². The molecule has 0 radical (unpaired) electrons. The summed E-state index contributed by atoms with van der Waals surface area (Å²) in [5, 5.41) is 0. The number of para-hydroxylation sites is 3. The summed E-state index contributed by atoms with van der Waals surface area (Å²) in [6.45, 7) is 2.16. The predicted octanol–water partition coefficient (Wildman–Crippen LogP) is 4.03. The zero-order valence-corrected chi connectivity index (χ0v) is 22.0. The van der Waals surface area contributed by atoms with E-state index in [1.807, 2.05) is 42.5 Å². The highest BCUT2D eigenvalue weighted by Crippen LogP contribution is 2.32. The standard InChI is InChI=1S/C26H31N3O5S2/c1-28(2)36(32,33)24-16-14-23(15-17-24)35(30,31)27-25-12-6-7-13-26(25)29-18-8-9-21(19-29)20-34-22-10-4-3-5-11-22/h3-7,10-17,21,27H,8-9,18-20H2,1-2H3/t21-/m0/s1. The lowest BCUT2D eigenvalue weighted by Gasteiger charge is -2.35. The van der Waals surface area contributed by atoms with Crippen LogP contribution in [-0.2, 0) is 20.0 Å². The van der Waals surface area contributed by atoms with E-state index >= 15 is 0 Å². The Morgan fingerprint density at radius 3 is 2.22 bits per heavy atom. The average molecular weight is 530 g/mol. The first-order valence-electron chi connectivity index (χ1n) is 11.7. The van der Waals surface area contributed by atoms with E-state index in [0.717, 1.165) is 41.7 Å². The van der Waals surface area contributed by atoms with E-state index in [1.54, 1.807) is 12.1 Å². The van der Waals surface area contributed by atoms with E-state index in [1.165, 1.54) is 38.4 Å². The van der Waals surface area contributed by atoms with Crippen LogP contribution < -0.4 is 14.4 Å². The Labute approximate surface area is 213 Å². The van der Waals surface area contributed by atoms with Crippen molar-refractivity contribution in [3.05, 3.63) is 78.9 Å². The first-order valence-corrected chi connectivity index (χ1v) is 14.7. The molecular weight excluding hydrogens is 498 g/mol. The van der Waals surface area contributed by atoms with Gasteiger partial charge in [-0.05, 0) is 61.4 Å². The van der Waals surface area contributed by atoms with Crippen molar-refractivity contribution in [1.29, 1.82) is 0 Å². The Bertz CT molecular complexity index is 1380. The van der Waals surface area contributed by atoms with Crippen LogP contribution in [0.15, 0.2) is 88.7 Å². The fourth-order valence-corrected chi connectivity index (χ4v) is 6.17. The predicted molar refractivity (Wildman–Crippen MR) is 141 cm³/mol. The molecule has 192 valence electrons. The zero-order chi connectivity index (χ0) is 25.8. The summed E-state index contributed by atoms with van der Waals surface area (Å²) in [5.74, 6) is 1.15. The topological polar surface area (TPSA) is 96.0 Å². The Morgan fingerprint density at radius 2 is 1.53 bits per heavy atom. The molecule has 1 atom stereocenters. The molecule has 0 unspecified atom stereocenters. The maximum Gasteiger partial charge on any atom is 0.261 e. The van der Waals surface area contributed by atoms with Crippen LogP contribution in [0.4, 0.5) is 11.4 Å². The molecule has 8 nitrogen and oxygen atoms in total. The van der Waals surface area contributed by atoms with Gasteiger partial charge in [-0.15, -0.1) is 0 Å². The third-order valence-corrected chi connectivity index (χ3v) is 9.36. The molecule has 1 N–H and O–H groups in total. The van der Waals surface area contributed by atoms with Crippen LogP contribution in [0.1, 0.15) is 12.8 Å². The second-order valence-electron chi connectivity index (χ2n) is 8.96. The normalized spacial score (nSPS) is 16.6. The Hall–Kier alpha value is -3.08. The Balaban J connectivity index is 1.49. The highest BCUT2D eigenvalue weighted by Gasteiger charge is 2.25. The van der Waals surface area contributed by atoms with E-state index in [4.69, 9.17) is 4.74 Å². The summed E-state index contributed by atoms with van der Waals surface area (Å²) in [4.78, 5) is 2.21. The molecule has 1 fully saturated rings. The molecule has 0 aliphatic carbocycles. The van der Waals surface area contributed by atoms with Crippen LogP contribution in [-0.4, -0.2) is 54.9 Å². The fourth-order valence-electron chi connectivity index (χ4n) is 4.19. The van der Waals surface area contributed by atoms with Gasteiger partial charge in [0.2, 0.25) is 10.0 Å². The fraction of sp³-hybridized carbons (Fsp3) is 0.308. The van der Waals surface area contributed by atoms with Crippen molar-refractivity contribution in [2.75, 3.05) is 43.4 Å². The van der Waals surface area contributed by atoms with Gasteiger partial charge < -0.3 is 9.64 Å². The summed E-state index contributed by atoms with van der Waals surface area (Å²) >= 11 is 0. The molecule has 36 heavy (non-hydrogen) atoms. The molecule has 1 aliphatic rings. The molecule has 0 amide bonds. The molecule has 0 saturated carbocycles. The van der Waals surface area contributed by atoms with Crippen molar-refractivity contribution >= 4 is 31.4 Å². The average Bonchev–Trinajstić information content (AvgIpc) is 2.88. The molecule has 1 aliphatic heterocycles. The molecule has 0 bridgehead atoms. The number of anilines is 2. The van der Waals surface area contributed by atoms with Crippen LogP contribution in [0.2, 0.25) is 0 Å². The molecule has 10 heteroatoms. The lowest BCUT2D eigenvalue weighted by Crippen LogP contribution is -2.38. The van der Waals surface area contributed by atoms with Gasteiger partial charge in [-0.3, -0.25) is 4.72 Å². The van der Waals surface area contributed by atoms with E-state index < -0.39 is 20.0 Å². The molecule has 3 aromatic carbocycles. The maximum absolute atomic E-state index is 13.1. The van der Waals surface area contributed by atoms with Crippen molar-refractivity contribution in [2.45, 2.75) is 22.6 Å². The third-order valence-electron chi connectivity index (χ3n) is 6.15. The molecule has 0 spiro atoms. The first kappa shape index (κ1) is 26.0.